The summed E-state index contributed by atoms with van der Waals surface area (Å²) in [5, 5.41) is 21.2. The van der Waals surface area contributed by atoms with E-state index >= 15 is 0 Å². The third-order valence-electron chi connectivity index (χ3n) is 3.55. The molecular weight excluding hydrogens is 248 g/mol. The first-order valence-electron chi connectivity index (χ1n) is 6.23. The Balaban J connectivity index is 1.94. The highest BCUT2D eigenvalue weighted by atomic mass is 16.4. The van der Waals surface area contributed by atoms with E-state index < -0.39 is 11.9 Å². The van der Waals surface area contributed by atoms with Gasteiger partial charge in [-0.15, -0.1) is 0 Å². The molecule has 0 aromatic carbocycles. The summed E-state index contributed by atoms with van der Waals surface area (Å²) in [6.45, 7) is 0.317. The van der Waals surface area contributed by atoms with Crippen LogP contribution < -0.4 is 5.32 Å². The fraction of sp³-hybridized carbons (Fsp3) is 0.462. The summed E-state index contributed by atoms with van der Waals surface area (Å²) >= 11 is 0. The Kier molecular flexibility index (Phi) is 3.99. The molecule has 1 aromatic heterocycles. The predicted octanol–water partition coefficient (Wildman–Crippen LogP) is 1.02. The van der Waals surface area contributed by atoms with Crippen molar-refractivity contribution in [2.75, 3.05) is 6.54 Å². The first-order chi connectivity index (χ1) is 9.09. The maximum Gasteiger partial charge on any atom is 0.306 e. The number of hydrogen-bond donors (Lipinski definition) is 3. The Bertz CT molecular complexity index is 489. The first kappa shape index (κ1) is 13.3. The maximum atomic E-state index is 11.9. The molecule has 2 rings (SSSR count). The number of nitrogens with one attached hydrogen (secondary N) is 1. The third-order valence-corrected chi connectivity index (χ3v) is 3.55. The van der Waals surface area contributed by atoms with Gasteiger partial charge in [-0.05, 0) is 24.8 Å². The van der Waals surface area contributed by atoms with Gasteiger partial charge in [0.2, 0.25) is 0 Å². The zero-order chi connectivity index (χ0) is 13.8. The largest absolute Gasteiger partial charge is 0.505 e. The van der Waals surface area contributed by atoms with Crippen molar-refractivity contribution < 1.29 is 19.8 Å². The van der Waals surface area contributed by atoms with Gasteiger partial charge in [-0.3, -0.25) is 14.6 Å². The van der Waals surface area contributed by atoms with Gasteiger partial charge in [0.15, 0.2) is 0 Å². The lowest BCUT2D eigenvalue weighted by atomic mass is 9.96. The number of hydrogen-bond acceptors (Lipinski definition) is 4. The summed E-state index contributed by atoms with van der Waals surface area (Å²) in [6.07, 6.45) is 4.96. The summed E-state index contributed by atoms with van der Waals surface area (Å²) < 4.78 is 0. The lowest BCUT2D eigenvalue weighted by Gasteiger charge is -2.16. The van der Waals surface area contributed by atoms with Gasteiger partial charge in [-0.25, -0.2) is 0 Å². The van der Waals surface area contributed by atoms with Crippen LogP contribution in [0.5, 0.6) is 5.75 Å². The molecule has 19 heavy (non-hydrogen) atoms. The second-order valence-electron chi connectivity index (χ2n) is 4.74. The van der Waals surface area contributed by atoms with E-state index in [1.165, 1.54) is 18.5 Å². The highest BCUT2D eigenvalue weighted by Gasteiger charge is 2.32. The average molecular weight is 264 g/mol. The fourth-order valence-corrected chi connectivity index (χ4v) is 2.50. The van der Waals surface area contributed by atoms with Crippen LogP contribution in [-0.4, -0.2) is 33.6 Å². The molecule has 1 heterocycles. The minimum Gasteiger partial charge on any atom is -0.505 e. The topological polar surface area (TPSA) is 99.5 Å². The maximum absolute atomic E-state index is 11.9. The molecule has 0 aliphatic heterocycles. The summed E-state index contributed by atoms with van der Waals surface area (Å²) in [4.78, 5) is 26.6. The minimum atomic E-state index is -0.802. The summed E-state index contributed by atoms with van der Waals surface area (Å²) in [7, 11) is 0. The Labute approximate surface area is 110 Å². The quantitative estimate of drug-likeness (QED) is 0.754. The van der Waals surface area contributed by atoms with Gasteiger partial charge in [0, 0.05) is 12.7 Å². The number of carboxylic acid groups (broad SMARTS) is 1. The van der Waals surface area contributed by atoms with Crippen LogP contribution in [0.15, 0.2) is 18.5 Å². The van der Waals surface area contributed by atoms with Crippen LogP contribution in [0, 0.1) is 11.8 Å². The van der Waals surface area contributed by atoms with E-state index in [-0.39, 0.29) is 23.1 Å². The SMILES string of the molecule is O=C(NCC1CCCC1C(=O)O)c1ccncc1O. The van der Waals surface area contributed by atoms with E-state index in [9.17, 15) is 14.7 Å². The van der Waals surface area contributed by atoms with Gasteiger partial charge in [-0.2, -0.15) is 0 Å². The molecule has 1 fully saturated rings. The van der Waals surface area contributed by atoms with Gasteiger partial charge in [0.25, 0.3) is 5.91 Å². The minimum absolute atomic E-state index is 0.0366. The van der Waals surface area contributed by atoms with Crippen molar-refractivity contribution in [1.82, 2.24) is 10.3 Å². The highest BCUT2D eigenvalue weighted by Crippen LogP contribution is 2.31. The number of carboxylic acids is 1. The molecule has 0 radical (unpaired) electrons. The number of aliphatic carboxylic acids is 1. The van der Waals surface area contributed by atoms with Crippen molar-refractivity contribution in [3.63, 3.8) is 0 Å². The highest BCUT2D eigenvalue weighted by molar-refractivity contribution is 5.96. The van der Waals surface area contributed by atoms with Gasteiger partial charge < -0.3 is 15.5 Å². The lowest BCUT2D eigenvalue weighted by Crippen LogP contribution is -2.33. The summed E-state index contributed by atoms with van der Waals surface area (Å²) in [5.74, 6) is -1.81. The second kappa shape index (κ2) is 5.69. The molecule has 6 heteroatoms. The molecule has 6 nitrogen and oxygen atoms in total. The summed E-state index contributed by atoms with van der Waals surface area (Å²) in [6, 6.07) is 1.42. The molecule has 2 unspecified atom stereocenters. The van der Waals surface area contributed by atoms with Crippen molar-refractivity contribution in [3.8, 4) is 5.75 Å². The Morgan fingerprint density at radius 3 is 2.89 bits per heavy atom. The first-order valence-corrected chi connectivity index (χ1v) is 6.23. The number of amides is 1. The van der Waals surface area contributed by atoms with Gasteiger partial charge >= 0.3 is 5.97 Å². The normalized spacial score (nSPS) is 22.1. The van der Waals surface area contributed by atoms with Crippen molar-refractivity contribution in [3.05, 3.63) is 24.0 Å². The smallest absolute Gasteiger partial charge is 0.306 e. The Morgan fingerprint density at radius 1 is 1.42 bits per heavy atom. The van der Waals surface area contributed by atoms with E-state index in [1.54, 1.807) is 0 Å². The zero-order valence-electron chi connectivity index (χ0n) is 10.4. The van der Waals surface area contributed by atoms with Crippen molar-refractivity contribution >= 4 is 11.9 Å². The van der Waals surface area contributed by atoms with E-state index in [0.29, 0.717) is 13.0 Å². The lowest BCUT2D eigenvalue weighted by molar-refractivity contribution is -0.142. The molecule has 0 spiro atoms. The molecule has 0 saturated heterocycles. The van der Waals surface area contributed by atoms with E-state index in [2.05, 4.69) is 10.3 Å². The van der Waals surface area contributed by atoms with Crippen molar-refractivity contribution in [2.45, 2.75) is 19.3 Å². The third kappa shape index (κ3) is 3.01. The van der Waals surface area contributed by atoms with Gasteiger partial charge in [0.1, 0.15) is 5.75 Å². The molecule has 1 amide bonds. The molecule has 3 N–H and O–H groups in total. The van der Waals surface area contributed by atoms with Gasteiger partial charge in [-0.1, -0.05) is 6.42 Å². The molecule has 1 aliphatic carbocycles. The van der Waals surface area contributed by atoms with E-state index in [4.69, 9.17) is 5.11 Å². The molecule has 1 saturated carbocycles. The van der Waals surface area contributed by atoms with E-state index in [1.807, 2.05) is 0 Å². The second-order valence-corrected chi connectivity index (χ2v) is 4.74. The number of carbonyl (C=O) groups excluding carboxylic acids is 1. The molecular formula is C13H16N2O4. The van der Waals surface area contributed by atoms with Crippen LogP contribution in [-0.2, 0) is 4.79 Å². The van der Waals surface area contributed by atoms with Crippen LogP contribution in [0.1, 0.15) is 29.6 Å². The molecule has 1 aliphatic rings. The fourth-order valence-electron chi connectivity index (χ4n) is 2.50. The standard InChI is InChI=1S/C13H16N2O4/c16-11-7-14-5-4-10(11)12(17)15-6-8-2-1-3-9(8)13(18)19/h4-5,7-9,16H,1-3,6H2,(H,15,17)(H,18,19). The number of aromatic hydroxyl groups is 1. The zero-order valence-corrected chi connectivity index (χ0v) is 10.4. The van der Waals surface area contributed by atoms with Crippen LogP contribution in [0.2, 0.25) is 0 Å². The number of pyridine rings is 1. The molecule has 0 bridgehead atoms. The molecule has 1 aromatic rings. The van der Waals surface area contributed by atoms with Crippen LogP contribution in [0.4, 0.5) is 0 Å². The van der Waals surface area contributed by atoms with Crippen molar-refractivity contribution in [1.29, 1.82) is 0 Å². The van der Waals surface area contributed by atoms with Crippen molar-refractivity contribution in [2.24, 2.45) is 11.8 Å². The summed E-state index contributed by atoms with van der Waals surface area (Å²) in [5.41, 5.74) is 0.153. The van der Waals surface area contributed by atoms with Crippen LogP contribution in [0.25, 0.3) is 0 Å². The number of rotatable bonds is 4. The average Bonchev–Trinajstić information content (AvgIpc) is 2.85. The Morgan fingerprint density at radius 2 is 2.21 bits per heavy atom. The monoisotopic (exact) mass is 264 g/mol. The number of nitrogens with zero attached hydrogens (tertiary/aromatic N) is 1. The van der Waals surface area contributed by atoms with E-state index in [0.717, 1.165) is 12.8 Å². The van der Waals surface area contributed by atoms with Crippen LogP contribution in [0.3, 0.4) is 0 Å². The number of aromatic nitrogens is 1. The number of carbonyl (C=O) groups is 2. The predicted molar refractivity (Wildman–Crippen MR) is 66.7 cm³/mol. The molecule has 2 atom stereocenters. The molecule has 102 valence electrons. The Hall–Kier alpha value is -2.11. The van der Waals surface area contributed by atoms with Gasteiger partial charge in [0.05, 0.1) is 17.7 Å². The van der Waals surface area contributed by atoms with Crippen LogP contribution >= 0.6 is 0 Å².